The van der Waals surface area contributed by atoms with Gasteiger partial charge in [0.05, 0.1) is 16.0 Å². The maximum atomic E-state index is 12.0. The summed E-state index contributed by atoms with van der Waals surface area (Å²) in [5.41, 5.74) is 2.00. The number of ether oxygens (including phenoxy) is 1. The summed E-state index contributed by atoms with van der Waals surface area (Å²) in [5.74, 6) is 0.751. The fraction of sp³-hybridized carbons (Fsp3) is 0.435. The molecule has 170 valence electrons. The molecule has 1 N–H and O–H groups in total. The lowest BCUT2D eigenvalue weighted by atomic mass is 9.99. The zero-order chi connectivity index (χ0) is 22.3. The van der Waals surface area contributed by atoms with Gasteiger partial charge in [-0.2, -0.15) is 4.31 Å². The predicted octanol–water partition coefficient (Wildman–Crippen LogP) is 4.83. The number of hydrogen-bond acceptors (Lipinski definition) is 6. The van der Waals surface area contributed by atoms with E-state index in [0.29, 0.717) is 16.3 Å². The van der Waals surface area contributed by atoms with Gasteiger partial charge in [0.2, 0.25) is 10.0 Å². The van der Waals surface area contributed by atoms with E-state index in [4.69, 9.17) is 16.3 Å². The second kappa shape index (κ2) is 8.91. The SMILES string of the molecule is CS(=O)(=O)N1[C@@H]2CC[C@H]1CC(NCCc1ccc(Oc3nc4c(Cl)cccc4s3)cc1)C2. The Morgan fingerprint density at radius 3 is 2.53 bits per heavy atom. The second-order valence-corrected chi connectivity index (χ2v) is 12.0. The molecule has 2 aromatic carbocycles. The van der Waals surface area contributed by atoms with E-state index in [2.05, 4.69) is 22.4 Å². The first kappa shape index (κ1) is 22.1. The maximum Gasteiger partial charge on any atom is 0.279 e. The van der Waals surface area contributed by atoms with Crippen LogP contribution in [0.2, 0.25) is 5.02 Å². The van der Waals surface area contributed by atoms with Crippen LogP contribution in [0.4, 0.5) is 0 Å². The van der Waals surface area contributed by atoms with Crippen molar-refractivity contribution in [1.29, 1.82) is 0 Å². The minimum Gasteiger partial charge on any atom is -0.431 e. The molecule has 1 unspecified atom stereocenters. The van der Waals surface area contributed by atoms with Gasteiger partial charge in [0, 0.05) is 18.1 Å². The highest BCUT2D eigenvalue weighted by atomic mass is 35.5. The van der Waals surface area contributed by atoms with Crippen molar-refractivity contribution in [3.63, 3.8) is 0 Å². The summed E-state index contributed by atoms with van der Waals surface area (Å²) in [5, 5.41) is 4.86. The van der Waals surface area contributed by atoms with Crippen LogP contribution in [0.1, 0.15) is 31.2 Å². The largest absolute Gasteiger partial charge is 0.431 e. The zero-order valence-electron chi connectivity index (χ0n) is 17.8. The van der Waals surface area contributed by atoms with Crippen molar-refractivity contribution in [2.24, 2.45) is 0 Å². The molecule has 5 rings (SSSR count). The number of rotatable bonds is 7. The molecule has 2 fully saturated rings. The summed E-state index contributed by atoms with van der Waals surface area (Å²) in [6.45, 7) is 0.875. The number of nitrogens with zero attached hydrogens (tertiary/aromatic N) is 2. The van der Waals surface area contributed by atoms with Gasteiger partial charge in [-0.3, -0.25) is 0 Å². The van der Waals surface area contributed by atoms with Gasteiger partial charge < -0.3 is 10.1 Å². The Kier molecular flexibility index (Phi) is 6.15. The van der Waals surface area contributed by atoms with E-state index < -0.39 is 10.0 Å². The molecule has 0 spiro atoms. The van der Waals surface area contributed by atoms with Crippen LogP contribution in [0, 0.1) is 0 Å². The van der Waals surface area contributed by atoms with Crippen LogP contribution in [-0.2, 0) is 16.4 Å². The minimum atomic E-state index is -3.10. The maximum absolute atomic E-state index is 12.0. The number of sulfonamides is 1. The normalized spacial score (nSPS) is 23.6. The quantitative estimate of drug-likeness (QED) is 0.512. The van der Waals surface area contributed by atoms with Crippen LogP contribution in [0.5, 0.6) is 10.9 Å². The van der Waals surface area contributed by atoms with E-state index in [1.54, 1.807) is 4.31 Å². The third-order valence-electron chi connectivity index (χ3n) is 6.37. The fourth-order valence-electron chi connectivity index (χ4n) is 5.03. The zero-order valence-corrected chi connectivity index (χ0v) is 20.2. The molecule has 0 radical (unpaired) electrons. The van der Waals surface area contributed by atoms with Gasteiger partial charge in [-0.05, 0) is 68.5 Å². The lowest BCUT2D eigenvalue weighted by Crippen LogP contribution is -2.51. The Morgan fingerprint density at radius 2 is 1.88 bits per heavy atom. The van der Waals surface area contributed by atoms with E-state index in [1.165, 1.54) is 23.2 Å². The van der Waals surface area contributed by atoms with Crippen molar-refractivity contribution in [3.05, 3.63) is 53.1 Å². The number of para-hydroxylation sites is 1. The highest BCUT2D eigenvalue weighted by Crippen LogP contribution is 2.37. The monoisotopic (exact) mass is 491 g/mol. The van der Waals surface area contributed by atoms with Crippen LogP contribution in [0.25, 0.3) is 10.2 Å². The Balaban J connectivity index is 1.13. The van der Waals surface area contributed by atoms with Crippen molar-refractivity contribution in [2.75, 3.05) is 12.8 Å². The Labute approximate surface area is 197 Å². The van der Waals surface area contributed by atoms with Crippen LogP contribution in [0.3, 0.4) is 0 Å². The molecule has 32 heavy (non-hydrogen) atoms. The molecule has 0 aliphatic carbocycles. The fourth-order valence-corrected chi connectivity index (χ4v) is 7.63. The average molecular weight is 492 g/mol. The van der Waals surface area contributed by atoms with Crippen molar-refractivity contribution >= 4 is 43.2 Å². The van der Waals surface area contributed by atoms with Gasteiger partial charge in [-0.15, -0.1) is 0 Å². The van der Waals surface area contributed by atoms with E-state index >= 15 is 0 Å². The van der Waals surface area contributed by atoms with Crippen LogP contribution in [0.15, 0.2) is 42.5 Å². The molecule has 3 heterocycles. The smallest absolute Gasteiger partial charge is 0.279 e. The molecular weight excluding hydrogens is 466 g/mol. The molecule has 6 nitrogen and oxygen atoms in total. The van der Waals surface area contributed by atoms with Gasteiger partial charge >= 0.3 is 0 Å². The van der Waals surface area contributed by atoms with E-state index in [1.807, 2.05) is 30.3 Å². The molecule has 3 atom stereocenters. The van der Waals surface area contributed by atoms with E-state index in [-0.39, 0.29) is 12.1 Å². The molecule has 1 aromatic heterocycles. The molecular formula is C23H26ClN3O3S2. The van der Waals surface area contributed by atoms with Gasteiger partial charge in [0.25, 0.3) is 5.19 Å². The lowest BCUT2D eigenvalue weighted by molar-refractivity contribution is 0.208. The van der Waals surface area contributed by atoms with E-state index in [9.17, 15) is 8.42 Å². The Morgan fingerprint density at radius 1 is 1.16 bits per heavy atom. The standard InChI is InChI=1S/C23H26ClN3O3S2/c1-32(28,29)27-17-7-8-18(27)14-16(13-17)25-12-11-15-5-9-19(10-6-15)30-23-26-22-20(24)3-2-4-21(22)31-23/h2-6,9-10,16-18,25H,7-8,11-14H2,1H3/t16?,17-,18+. The molecule has 0 saturated carbocycles. The molecule has 9 heteroatoms. The van der Waals surface area contributed by atoms with Gasteiger partial charge in [0.15, 0.2) is 0 Å². The molecule has 3 aromatic rings. The number of fused-ring (bicyclic) bond motifs is 3. The van der Waals surface area contributed by atoms with Gasteiger partial charge in [-0.1, -0.05) is 41.1 Å². The average Bonchev–Trinajstić information content (AvgIpc) is 3.28. The highest BCUT2D eigenvalue weighted by Gasteiger charge is 2.44. The third kappa shape index (κ3) is 4.65. The van der Waals surface area contributed by atoms with Crippen LogP contribution >= 0.6 is 22.9 Å². The van der Waals surface area contributed by atoms with Crippen LogP contribution in [-0.4, -0.2) is 48.6 Å². The van der Waals surface area contributed by atoms with Crippen molar-refractivity contribution in [2.45, 2.75) is 50.2 Å². The first-order valence-electron chi connectivity index (χ1n) is 10.9. The third-order valence-corrected chi connectivity index (χ3v) is 8.94. The lowest BCUT2D eigenvalue weighted by Gasteiger charge is -2.37. The number of thiazole rings is 1. The highest BCUT2D eigenvalue weighted by molar-refractivity contribution is 7.88. The second-order valence-electron chi connectivity index (χ2n) is 8.66. The number of aromatic nitrogens is 1. The number of halogens is 1. The number of piperidine rings is 1. The first-order chi connectivity index (χ1) is 15.4. The summed E-state index contributed by atoms with van der Waals surface area (Å²) >= 11 is 7.68. The topological polar surface area (TPSA) is 71.5 Å². The van der Waals surface area contributed by atoms with Crippen molar-refractivity contribution in [1.82, 2.24) is 14.6 Å². The summed E-state index contributed by atoms with van der Waals surface area (Å²) in [7, 11) is -3.10. The number of nitrogens with one attached hydrogen (secondary N) is 1. The summed E-state index contributed by atoms with van der Waals surface area (Å²) in [6, 6.07) is 14.5. The minimum absolute atomic E-state index is 0.162. The summed E-state index contributed by atoms with van der Waals surface area (Å²) < 4.78 is 32.8. The van der Waals surface area contributed by atoms with Crippen molar-refractivity contribution in [3.8, 4) is 10.9 Å². The molecule has 2 aliphatic rings. The number of benzene rings is 2. The van der Waals surface area contributed by atoms with Crippen molar-refractivity contribution < 1.29 is 13.2 Å². The van der Waals surface area contributed by atoms with Gasteiger partial charge in [0.1, 0.15) is 11.3 Å². The first-order valence-corrected chi connectivity index (χ1v) is 13.9. The molecule has 0 amide bonds. The number of hydrogen-bond donors (Lipinski definition) is 1. The van der Waals surface area contributed by atoms with Gasteiger partial charge in [-0.25, -0.2) is 13.4 Å². The Hall–Kier alpha value is -1.71. The Bertz CT molecular complexity index is 1200. The molecule has 2 aliphatic heterocycles. The summed E-state index contributed by atoms with van der Waals surface area (Å²) in [4.78, 5) is 4.48. The van der Waals surface area contributed by atoms with Crippen LogP contribution < -0.4 is 10.1 Å². The van der Waals surface area contributed by atoms with E-state index in [0.717, 1.165) is 54.6 Å². The molecule has 2 bridgehead atoms. The molecule has 2 saturated heterocycles. The predicted molar refractivity (Wildman–Crippen MR) is 129 cm³/mol. The summed E-state index contributed by atoms with van der Waals surface area (Å²) in [6.07, 6.45) is 6.03.